The second kappa shape index (κ2) is 3.65. The summed E-state index contributed by atoms with van der Waals surface area (Å²) in [5.74, 6) is 0.656. The molecule has 4 heteroatoms. The first-order valence-corrected chi connectivity index (χ1v) is 4.69. The molecule has 0 unspecified atom stereocenters. The predicted molar refractivity (Wildman–Crippen MR) is 57.4 cm³/mol. The maximum Gasteiger partial charge on any atom is 0.252 e. The SMILES string of the molecule is CCOc1ccc2c(O)cc(=O)[nH]c2c1. The monoisotopic (exact) mass is 205 g/mol. The lowest BCUT2D eigenvalue weighted by Crippen LogP contribution is -2.03. The van der Waals surface area contributed by atoms with Crippen LogP contribution in [0.15, 0.2) is 29.1 Å². The summed E-state index contributed by atoms with van der Waals surface area (Å²) in [5, 5.41) is 10.1. The molecule has 0 saturated carbocycles. The molecule has 0 fully saturated rings. The van der Waals surface area contributed by atoms with Crippen LogP contribution in [0.25, 0.3) is 10.9 Å². The van der Waals surface area contributed by atoms with Crippen molar-refractivity contribution >= 4 is 10.9 Å². The fraction of sp³-hybridized carbons (Fsp3) is 0.182. The lowest BCUT2D eigenvalue weighted by atomic mass is 10.2. The molecule has 0 aliphatic heterocycles. The third-order valence-electron chi connectivity index (χ3n) is 2.10. The number of aromatic nitrogens is 1. The van der Waals surface area contributed by atoms with E-state index in [0.717, 1.165) is 6.07 Å². The van der Waals surface area contributed by atoms with Gasteiger partial charge < -0.3 is 14.8 Å². The molecule has 78 valence electrons. The Balaban J connectivity index is 2.65. The number of aromatic amines is 1. The molecule has 1 aromatic carbocycles. The van der Waals surface area contributed by atoms with Crippen LogP contribution in [0.2, 0.25) is 0 Å². The quantitative estimate of drug-likeness (QED) is 0.783. The Morgan fingerprint density at radius 3 is 2.93 bits per heavy atom. The normalized spacial score (nSPS) is 10.5. The minimum absolute atomic E-state index is 0.0169. The van der Waals surface area contributed by atoms with Gasteiger partial charge in [0.15, 0.2) is 0 Å². The number of hydrogen-bond donors (Lipinski definition) is 2. The van der Waals surface area contributed by atoms with Crippen LogP contribution >= 0.6 is 0 Å². The van der Waals surface area contributed by atoms with Crippen molar-refractivity contribution in [3.05, 3.63) is 34.6 Å². The van der Waals surface area contributed by atoms with Gasteiger partial charge in [-0.1, -0.05) is 0 Å². The van der Waals surface area contributed by atoms with Crippen molar-refractivity contribution in [2.24, 2.45) is 0 Å². The zero-order valence-electron chi connectivity index (χ0n) is 8.28. The van der Waals surface area contributed by atoms with E-state index in [1.54, 1.807) is 18.2 Å². The minimum atomic E-state index is -0.325. The van der Waals surface area contributed by atoms with Crippen LogP contribution in [0.4, 0.5) is 0 Å². The molecule has 1 heterocycles. The Bertz CT molecular complexity index is 545. The molecular formula is C11H11NO3. The van der Waals surface area contributed by atoms with Crippen LogP contribution < -0.4 is 10.3 Å². The smallest absolute Gasteiger partial charge is 0.252 e. The Morgan fingerprint density at radius 2 is 2.20 bits per heavy atom. The maximum atomic E-state index is 11.1. The number of benzene rings is 1. The lowest BCUT2D eigenvalue weighted by molar-refractivity contribution is 0.340. The summed E-state index contributed by atoms with van der Waals surface area (Å²) in [7, 11) is 0. The first-order valence-electron chi connectivity index (χ1n) is 4.69. The average Bonchev–Trinajstić information content (AvgIpc) is 2.17. The van der Waals surface area contributed by atoms with E-state index in [9.17, 15) is 9.90 Å². The molecule has 0 aliphatic rings. The molecule has 2 aromatic rings. The predicted octanol–water partition coefficient (Wildman–Crippen LogP) is 1.63. The van der Waals surface area contributed by atoms with E-state index >= 15 is 0 Å². The van der Waals surface area contributed by atoms with Crippen LogP contribution in [0.3, 0.4) is 0 Å². The van der Waals surface area contributed by atoms with Crippen LogP contribution in [0, 0.1) is 0 Å². The number of aromatic hydroxyl groups is 1. The molecular weight excluding hydrogens is 194 g/mol. The van der Waals surface area contributed by atoms with Gasteiger partial charge in [0.05, 0.1) is 12.1 Å². The zero-order chi connectivity index (χ0) is 10.8. The number of fused-ring (bicyclic) bond motifs is 1. The van der Waals surface area contributed by atoms with Crippen molar-refractivity contribution in [1.82, 2.24) is 4.98 Å². The highest BCUT2D eigenvalue weighted by Crippen LogP contribution is 2.24. The van der Waals surface area contributed by atoms with E-state index in [4.69, 9.17) is 4.74 Å². The van der Waals surface area contributed by atoms with E-state index < -0.39 is 0 Å². The largest absolute Gasteiger partial charge is 0.507 e. The van der Waals surface area contributed by atoms with E-state index in [2.05, 4.69) is 4.98 Å². The molecule has 15 heavy (non-hydrogen) atoms. The van der Waals surface area contributed by atoms with E-state index in [0.29, 0.717) is 23.3 Å². The highest BCUT2D eigenvalue weighted by atomic mass is 16.5. The number of pyridine rings is 1. The van der Waals surface area contributed by atoms with Gasteiger partial charge in [0.2, 0.25) is 0 Å². The molecule has 0 saturated heterocycles. The molecule has 0 spiro atoms. The summed E-state index contributed by atoms with van der Waals surface area (Å²) in [6.45, 7) is 2.45. The first-order chi connectivity index (χ1) is 7.20. The van der Waals surface area contributed by atoms with Crippen LogP contribution in [-0.2, 0) is 0 Å². The summed E-state index contributed by atoms with van der Waals surface area (Å²) in [6.07, 6.45) is 0. The molecule has 0 aliphatic carbocycles. The number of H-pyrrole nitrogens is 1. The number of ether oxygens (including phenoxy) is 1. The Morgan fingerprint density at radius 1 is 1.40 bits per heavy atom. The van der Waals surface area contributed by atoms with Gasteiger partial charge in [0.25, 0.3) is 5.56 Å². The number of rotatable bonds is 2. The summed E-state index contributed by atoms with van der Waals surface area (Å²) in [6, 6.07) is 6.32. The highest BCUT2D eigenvalue weighted by Gasteiger charge is 2.02. The van der Waals surface area contributed by atoms with Gasteiger partial charge in [-0.2, -0.15) is 0 Å². The van der Waals surface area contributed by atoms with E-state index in [1.807, 2.05) is 6.92 Å². The van der Waals surface area contributed by atoms with Crippen LogP contribution in [0.5, 0.6) is 11.5 Å². The van der Waals surface area contributed by atoms with E-state index in [1.165, 1.54) is 0 Å². The minimum Gasteiger partial charge on any atom is -0.507 e. The van der Waals surface area contributed by atoms with Gasteiger partial charge in [-0.25, -0.2) is 0 Å². The van der Waals surface area contributed by atoms with Crippen LogP contribution in [-0.4, -0.2) is 16.7 Å². The van der Waals surface area contributed by atoms with Crippen molar-refractivity contribution in [3.8, 4) is 11.5 Å². The average molecular weight is 205 g/mol. The van der Waals surface area contributed by atoms with Gasteiger partial charge in [0.1, 0.15) is 11.5 Å². The maximum absolute atomic E-state index is 11.1. The standard InChI is InChI=1S/C11H11NO3/c1-2-15-7-3-4-8-9(5-7)12-11(14)6-10(8)13/h3-6H,2H2,1H3,(H2,12,13,14). The summed E-state index contributed by atoms with van der Waals surface area (Å²) >= 11 is 0. The van der Waals surface area contributed by atoms with Crippen molar-refractivity contribution in [2.75, 3.05) is 6.61 Å². The first kappa shape index (κ1) is 9.58. The molecule has 0 radical (unpaired) electrons. The van der Waals surface area contributed by atoms with Gasteiger partial charge in [-0.15, -0.1) is 0 Å². The van der Waals surface area contributed by atoms with Gasteiger partial charge in [-0.05, 0) is 19.1 Å². The highest BCUT2D eigenvalue weighted by molar-refractivity contribution is 5.85. The molecule has 0 amide bonds. The molecule has 0 atom stereocenters. The van der Waals surface area contributed by atoms with Crippen molar-refractivity contribution < 1.29 is 9.84 Å². The Kier molecular flexibility index (Phi) is 2.33. The second-order valence-corrected chi connectivity index (χ2v) is 3.16. The summed E-state index contributed by atoms with van der Waals surface area (Å²) in [5.41, 5.74) is 0.250. The van der Waals surface area contributed by atoms with Crippen molar-refractivity contribution in [2.45, 2.75) is 6.92 Å². The third kappa shape index (κ3) is 1.79. The number of hydrogen-bond acceptors (Lipinski definition) is 3. The Labute approximate surface area is 86.1 Å². The summed E-state index contributed by atoms with van der Waals surface area (Å²) < 4.78 is 5.29. The van der Waals surface area contributed by atoms with Gasteiger partial charge in [-0.3, -0.25) is 4.79 Å². The molecule has 2 N–H and O–H groups in total. The van der Waals surface area contributed by atoms with Crippen molar-refractivity contribution in [3.63, 3.8) is 0 Å². The lowest BCUT2D eigenvalue weighted by Gasteiger charge is -2.05. The fourth-order valence-corrected chi connectivity index (χ4v) is 1.48. The summed E-state index contributed by atoms with van der Waals surface area (Å²) in [4.78, 5) is 13.8. The third-order valence-corrected chi connectivity index (χ3v) is 2.10. The second-order valence-electron chi connectivity index (χ2n) is 3.16. The fourth-order valence-electron chi connectivity index (χ4n) is 1.48. The molecule has 4 nitrogen and oxygen atoms in total. The van der Waals surface area contributed by atoms with Crippen LogP contribution in [0.1, 0.15) is 6.92 Å². The van der Waals surface area contributed by atoms with Crippen molar-refractivity contribution in [1.29, 1.82) is 0 Å². The zero-order valence-corrected chi connectivity index (χ0v) is 8.28. The molecule has 1 aromatic heterocycles. The topological polar surface area (TPSA) is 62.3 Å². The van der Waals surface area contributed by atoms with Gasteiger partial charge in [0, 0.05) is 17.5 Å². The molecule has 2 rings (SSSR count). The molecule has 0 bridgehead atoms. The van der Waals surface area contributed by atoms with E-state index in [-0.39, 0.29) is 11.3 Å². The Hall–Kier alpha value is -1.97. The van der Waals surface area contributed by atoms with Gasteiger partial charge >= 0.3 is 0 Å². The number of nitrogens with one attached hydrogen (secondary N) is 1.